The molecule has 78 valence electrons. The highest BCUT2D eigenvalue weighted by Crippen LogP contribution is 2.13. The molecule has 0 atom stereocenters. The number of aromatic nitrogens is 1. The quantitative estimate of drug-likeness (QED) is 0.648. The van der Waals surface area contributed by atoms with Gasteiger partial charge in [-0.2, -0.15) is 0 Å². The fourth-order valence-electron chi connectivity index (χ4n) is 1.47. The third kappa shape index (κ3) is 2.12. The van der Waals surface area contributed by atoms with Crippen LogP contribution >= 0.6 is 0 Å². The Morgan fingerprint density at radius 3 is 2.47 bits per heavy atom. The van der Waals surface area contributed by atoms with E-state index in [0.29, 0.717) is 0 Å². The van der Waals surface area contributed by atoms with Gasteiger partial charge in [-0.05, 0) is 19.1 Å². The zero-order chi connectivity index (χ0) is 10.8. The van der Waals surface area contributed by atoms with Gasteiger partial charge in [-0.25, -0.2) is 0 Å². The summed E-state index contributed by atoms with van der Waals surface area (Å²) in [6.07, 6.45) is 1.67. The lowest BCUT2D eigenvalue weighted by molar-refractivity contribution is -0.130. The van der Waals surface area contributed by atoms with E-state index in [1.54, 1.807) is 11.1 Å². The fraction of sp³-hybridized carbons (Fsp3) is 0.300. The monoisotopic (exact) mass is 205 g/mol. The molecule has 5 nitrogen and oxygen atoms in total. The van der Waals surface area contributed by atoms with Gasteiger partial charge in [0.2, 0.25) is 11.8 Å². The molecule has 1 aromatic rings. The lowest BCUT2D eigenvalue weighted by Gasteiger charge is -2.26. The Bertz CT molecular complexity index is 384. The molecule has 1 aliphatic heterocycles. The molecule has 2 heterocycles. The van der Waals surface area contributed by atoms with E-state index >= 15 is 0 Å². The highest BCUT2D eigenvalue weighted by atomic mass is 16.2. The maximum Gasteiger partial charge on any atom is 0.246 e. The average Bonchev–Trinajstić information content (AvgIpc) is 2.17. The van der Waals surface area contributed by atoms with E-state index in [-0.39, 0.29) is 24.9 Å². The first-order chi connectivity index (χ1) is 7.15. The van der Waals surface area contributed by atoms with E-state index in [1.165, 1.54) is 0 Å². The van der Waals surface area contributed by atoms with Crippen molar-refractivity contribution < 1.29 is 9.59 Å². The number of rotatable bonds is 1. The Labute approximate surface area is 87.1 Å². The largest absolute Gasteiger partial charge is 0.352 e. The molecule has 1 fully saturated rings. The van der Waals surface area contributed by atoms with Gasteiger partial charge in [-0.15, -0.1) is 0 Å². The second kappa shape index (κ2) is 3.68. The summed E-state index contributed by atoms with van der Waals surface area (Å²) in [5, 5.41) is 2.25. The number of imide groups is 1. The third-order valence-electron chi connectivity index (χ3n) is 2.21. The summed E-state index contributed by atoms with van der Waals surface area (Å²) in [7, 11) is 0. The molecule has 0 unspecified atom stereocenters. The highest BCUT2D eigenvalue weighted by molar-refractivity contribution is 6.02. The Balaban J connectivity index is 2.19. The summed E-state index contributed by atoms with van der Waals surface area (Å²) in [6.45, 7) is 2.30. The number of hydrogen-bond acceptors (Lipinski definition) is 4. The number of pyridine rings is 1. The van der Waals surface area contributed by atoms with Crippen molar-refractivity contribution in [2.75, 3.05) is 18.0 Å². The molecule has 0 saturated carbocycles. The number of piperazine rings is 1. The van der Waals surface area contributed by atoms with Crippen LogP contribution in [0.3, 0.4) is 0 Å². The number of carbonyl (C=O) groups excluding carboxylic acids is 2. The zero-order valence-corrected chi connectivity index (χ0v) is 8.36. The van der Waals surface area contributed by atoms with Gasteiger partial charge in [0.1, 0.15) is 0 Å². The maximum atomic E-state index is 11.1. The lowest BCUT2D eigenvalue weighted by Crippen LogP contribution is -2.51. The summed E-state index contributed by atoms with van der Waals surface area (Å²) < 4.78 is 0. The van der Waals surface area contributed by atoms with Crippen LogP contribution in [0.25, 0.3) is 0 Å². The van der Waals surface area contributed by atoms with Crippen LogP contribution in [0, 0.1) is 6.92 Å². The van der Waals surface area contributed by atoms with Crippen molar-refractivity contribution in [3.05, 3.63) is 24.0 Å². The topological polar surface area (TPSA) is 62.3 Å². The number of hydrogen-bond donors (Lipinski definition) is 1. The van der Waals surface area contributed by atoms with E-state index < -0.39 is 0 Å². The molecule has 0 radical (unpaired) electrons. The number of aryl methyl sites for hydroxylation is 1. The SMILES string of the molecule is Cc1ccc(N2CC(=O)NC(=O)C2)cn1. The molecule has 2 amide bonds. The van der Waals surface area contributed by atoms with Crippen LogP contribution in [0.4, 0.5) is 5.69 Å². The minimum Gasteiger partial charge on any atom is -0.352 e. The molecule has 0 aromatic carbocycles. The zero-order valence-electron chi connectivity index (χ0n) is 8.36. The first kappa shape index (κ1) is 9.64. The van der Waals surface area contributed by atoms with Crippen molar-refractivity contribution in [1.82, 2.24) is 10.3 Å². The Morgan fingerprint density at radius 2 is 1.93 bits per heavy atom. The first-order valence-corrected chi connectivity index (χ1v) is 4.65. The summed E-state index contributed by atoms with van der Waals surface area (Å²) in [4.78, 5) is 28.1. The molecule has 0 bridgehead atoms. The molecule has 1 aliphatic rings. The van der Waals surface area contributed by atoms with Gasteiger partial charge in [-0.3, -0.25) is 19.9 Å². The van der Waals surface area contributed by atoms with Gasteiger partial charge < -0.3 is 4.90 Å². The van der Waals surface area contributed by atoms with Crippen molar-refractivity contribution in [1.29, 1.82) is 0 Å². The van der Waals surface area contributed by atoms with Gasteiger partial charge in [0.25, 0.3) is 0 Å². The van der Waals surface area contributed by atoms with Crippen molar-refractivity contribution >= 4 is 17.5 Å². The van der Waals surface area contributed by atoms with Gasteiger partial charge in [0, 0.05) is 5.69 Å². The van der Waals surface area contributed by atoms with Gasteiger partial charge >= 0.3 is 0 Å². The predicted molar refractivity (Wildman–Crippen MR) is 54.3 cm³/mol. The van der Waals surface area contributed by atoms with Crippen molar-refractivity contribution in [2.45, 2.75) is 6.92 Å². The van der Waals surface area contributed by atoms with E-state index in [1.807, 2.05) is 19.1 Å². The standard InChI is InChI=1S/C10H11N3O2/c1-7-2-3-8(4-11-7)13-5-9(14)12-10(15)6-13/h2-4H,5-6H2,1H3,(H,12,14,15). The molecular formula is C10H11N3O2. The Morgan fingerprint density at radius 1 is 1.27 bits per heavy atom. The van der Waals surface area contributed by atoms with Gasteiger partial charge in [0.15, 0.2) is 0 Å². The summed E-state index contributed by atoms with van der Waals surface area (Å²) in [5.41, 5.74) is 1.70. The van der Waals surface area contributed by atoms with Crippen LogP contribution in [0.1, 0.15) is 5.69 Å². The predicted octanol–water partition coefficient (Wildman–Crippen LogP) is -0.147. The number of carbonyl (C=O) groups is 2. The van der Waals surface area contributed by atoms with Crippen LogP contribution in [0.5, 0.6) is 0 Å². The van der Waals surface area contributed by atoms with Crippen LogP contribution in [-0.2, 0) is 9.59 Å². The van der Waals surface area contributed by atoms with Crippen LogP contribution < -0.4 is 10.2 Å². The highest BCUT2D eigenvalue weighted by Gasteiger charge is 2.22. The average molecular weight is 205 g/mol. The van der Waals surface area contributed by atoms with E-state index in [0.717, 1.165) is 11.4 Å². The number of anilines is 1. The molecule has 2 rings (SSSR count). The van der Waals surface area contributed by atoms with E-state index in [2.05, 4.69) is 10.3 Å². The molecule has 0 aliphatic carbocycles. The molecule has 1 saturated heterocycles. The molecular weight excluding hydrogens is 194 g/mol. The van der Waals surface area contributed by atoms with Gasteiger partial charge in [-0.1, -0.05) is 0 Å². The van der Waals surface area contributed by atoms with Crippen LogP contribution in [0.2, 0.25) is 0 Å². The number of nitrogens with zero attached hydrogens (tertiary/aromatic N) is 2. The second-order valence-electron chi connectivity index (χ2n) is 3.49. The normalized spacial score (nSPS) is 16.5. The summed E-state index contributed by atoms with van der Waals surface area (Å²) >= 11 is 0. The molecule has 1 N–H and O–H groups in total. The van der Waals surface area contributed by atoms with Crippen LogP contribution in [-0.4, -0.2) is 29.9 Å². The summed E-state index contributed by atoms with van der Waals surface area (Å²) in [6, 6.07) is 3.71. The van der Waals surface area contributed by atoms with Crippen molar-refractivity contribution in [2.24, 2.45) is 0 Å². The molecule has 15 heavy (non-hydrogen) atoms. The Kier molecular flexibility index (Phi) is 2.37. The number of amides is 2. The molecule has 5 heteroatoms. The van der Waals surface area contributed by atoms with Crippen molar-refractivity contribution in [3.8, 4) is 0 Å². The molecule has 1 aromatic heterocycles. The number of nitrogens with one attached hydrogen (secondary N) is 1. The molecule has 0 spiro atoms. The van der Waals surface area contributed by atoms with E-state index in [9.17, 15) is 9.59 Å². The van der Waals surface area contributed by atoms with Crippen molar-refractivity contribution in [3.63, 3.8) is 0 Å². The fourth-order valence-corrected chi connectivity index (χ4v) is 1.47. The third-order valence-corrected chi connectivity index (χ3v) is 2.21. The minimum atomic E-state index is -0.271. The summed E-state index contributed by atoms with van der Waals surface area (Å²) in [5.74, 6) is -0.543. The van der Waals surface area contributed by atoms with Gasteiger partial charge in [0.05, 0.1) is 25.0 Å². The minimum absolute atomic E-state index is 0.205. The smallest absolute Gasteiger partial charge is 0.246 e. The lowest BCUT2D eigenvalue weighted by atomic mass is 10.3. The maximum absolute atomic E-state index is 11.1. The van der Waals surface area contributed by atoms with E-state index in [4.69, 9.17) is 0 Å². The first-order valence-electron chi connectivity index (χ1n) is 4.65. The second-order valence-corrected chi connectivity index (χ2v) is 3.49. The Hall–Kier alpha value is -1.91. The van der Waals surface area contributed by atoms with Crippen LogP contribution in [0.15, 0.2) is 18.3 Å².